The zero-order valence-corrected chi connectivity index (χ0v) is 10.8. The third-order valence-corrected chi connectivity index (χ3v) is 3.58. The summed E-state index contributed by atoms with van der Waals surface area (Å²) < 4.78 is 3.59. The van der Waals surface area contributed by atoms with Gasteiger partial charge in [0.15, 0.2) is 0 Å². The standard InChI is InChI=1S/C13H22N3O/c1-3-12-7-5-4-6-8-16(12)13(17)15-10-9-14(2)11-15/h9-12H,3-8H2,1-2H3/q+1. The van der Waals surface area contributed by atoms with E-state index in [4.69, 9.17) is 0 Å². The molecule has 1 atom stereocenters. The Morgan fingerprint density at radius 1 is 1.41 bits per heavy atom. The quantitative estimate of drug-likeness (QED) is 0.685. The van der Waals surface area contributed by atoms with Gasteiger partial charge in [0.25, 0.3) is 6.33 Å². The maximum absolute atomic E-state index is 12.4. The van der Waals surface area contributed by atoms with Crippen LogP contribution in [0.1, 0.15) is 39.0 Å². The van der Waals surface area contributed by atoms with Gasteiger partial charge in [0.05, 0.1) is 7.05 Å². The molecule has 2 heterocycles. The minimum Gasteiger partial charge on any atom is -0.301 e. The molecule has 4 heteroatoms. The second kappa shape index (κ2) is 5.34. The first-order valence-electron chi connectivity index (χ1n) is 6.56. The van der Waals surface area contributed by atoms with E-state index in [2.05, 4.69) is 6.92 Å². The van der Waals surface area contributed by atoms with E-state index >= 15 is 0 Å². The van der Waals surface area contributed by atoms with Gasteiger partial charge in [-0.3, -0.25) is 0 Å². The summed E-state index contributed by atoms with van der Waals surface area (Å²) in [5.74, 6) is 0. The number of imidazole rings is 1. The van der Waals surface area contributed by atoms with Crippen LogP contribution in [0, 0.1) is 0 Å². The molecule has 94 valence electrons. The zero-order chi connectivity index (χ0) is 12.3. The van der Waals surface area contributed by atoms with Crippen molar-refractivity contribution in [2.45, 2.75) is 45.1 Å². The summed E-state index contributed by atoms with van der Waals surface area (Å²) in [6.45, 7) is 3.07. The number of amides is 1. The fourth-order valence-electron chi connectivity index (χ4n) is 2.57. The number of nitrogens with zero attached hydrogens (tertiary/aromatic N) is 3. The van der Waals surface area contributed by atoms with Gasteiger partial charge in [-0.05, 0) is 19.3 Å². The summed E-state index contributed by atoms with van der Waals surface area (Å²) in [5, 5.41) is 0. The van der Waals surface area contributed by atoms with Gasteiger partial charge in [0.1, 0.15) is 12.4 Å². The molecule has 2 rings (SSSR count). The van der Waals surface area contributed by atoms with Gasteiger partial charge in [-0.2, -0.15) is 4.57 Å². The molecule has 0 aliphatic carbocycles. The molecule has 1 aromatic rings. The highest BCUT2D eigenvalue weighted by Gasteiger charge is 2.28. The Bertz CT molecular complexity index is 386. The summed E-state index contributed by atoms with van der Waals surface area (Å²) in [7, 11) is 1.93. The monoisotopic (exact) mass is 236 g/mol. The van der Waals surface area contributed by atoms with Crippen LogP contribution in [0.25, 0.3) is 0 Å². The van der Waals surface area contributed by atoms with Crippen LogP contribution in [-0.4, -0.2) is 28.1 Å². The Morgan fingerprint density at radius 3 is 2.88 bits per heavy atom. The van der Waals surface area contributed by atoms with E-state index in [1.54, 1.807) is 4.57 Å². The number of carbonyl (C=O) groups is 1. The molecular weight excluding hydrogens is 214 g/mol. The van der Waals surface area contributed by atoms with Crippen LogP contribution in [0.15, 0.2) is 18.7 Å². The van der Waals surface area contributed by atoms with E-state index in [0.717, 1.165) is 25.8 Å². The second-order valence-corrected chi connectivity index (χ2v) is 4.87. The first-order chi connectivity index (χ1) is 8.22. The third kappa shape index (κ3) is 2.68. The molecule has 0 spiro atoms. The molecule has 17 heavy (non-hydrogen) atoms. The minimum absolute atomic E-state index is 0.124. The van der Waals surface area contributed by atoms with Crippen molar-refractivity contribution in [2.75, 3.05) is 6.54 Å². The van der Waals surface area contributed by atoms with E-state index in [1.807, 2.05) is 35.2 Å². The summed E-state index contributed by atoms with van der Waals surface area (Å²) in [4.78, 5) is 14.5. The largest absolute Gasteiger partial charge is 0.416 e. The molecule has 0 bridgehead atoms. The van der Waals surface area contributed by atoms with Crippen LogP contribution < -0.4 is 4.57 Å². The average molecular weight is 236 g/mol. The highest BCUT2D eigenvalue weighted by molar-refractivity contribution is 5.76. The van der Waals surface area contributed by atoms with Crippen LogP contribution in [0.5, 0.6) is 0 Å². The fraction of sp³-hybridized carbons (Fsp3) is 0.692. The van der Waals surface area contributed by atoms with E-state index in [9.17, 15) is 4.79 Å². The molecular formula is C13H22N3O+. The first kappa shape index (κ1) is 12.1. The van der Waals surface area contributed by atoms with Crippen LogP contribution in [0.3, 0.4) is 0 Å². The lowest BCUT2D eigenvalue weighted by molar-refractivity contribution is -0.670. The topological polar surface area (TPSA) is 29.1 Å². The molecule has 1 aliphatic rings. The van der Waals surface area contributed by atoms with Crippen molar-refractivity contribution in [1.29, 1.82) is 0 Å². The molecule has 1 aliphatic heterocycles. The molecule has 1 aromatic heterocycles. The Labute approximate surface area is 103 Å². The van der Waals surface area contributed by atoms with Crippen LogP contribution in [-0.2, 0) is 7.05 Å². The smallest absolute Gasteiger partial charge is 0.301 e. The van der Waals surface area contributed by atoms with Gasteiger partial charge in [-0.25, -0.2) is 9.36 Å². The number of aromatic nitrogens is 2. The second-order valence-electron chi connectivity index (χ2n) is 4.87. The first-order valence-corrected chi connectivity index (χ1v) is 6.56. The Hall–Kier alpha value is -1.32. The van der Waals surface area contributed by atoms with Gasteiger partial charge >= 0.3 is 6.03 Å². The molecule has 0 radical (unpaired) electrons. The predicted octanol–water partition coefficient (Wildman–Crippen LogP) is 1.94. The SMILES string of the molecule is CCC1CCCCCN1C(=O)n1cc[n+](C)c1. The van der Waals surface area contributed by atoms with Crippen molar-refractivity contribution in [3.63, 3.8) is 0 Å². The maximum Gasteiger partial charge on any atom is 0.416 e. The summed E-state index contributed by atoms with van der Waals surface area (Å²) in [6.07, 6.45) is 11.4. The van der Waals surface area contributed by atoms with E-state index in [-0.39, 0.29) is 6.03 Å². The fourth-order valence-corrected chi connectivity index (χ4v) is 2.57. The molecule has 1 amide bonds. The normalized spacial score (nSPS) is 21.3. The van der Waals surface area contributed by atoms with Crippen LogP contribution >= 0.6 is 0 Å². The number of aryl methyl sites for hydroxylation is 1. The molecule has 0 N–H and O–H groups in total. The van der Waals surface area contributed by atoms with Crippen LogP contribution in [0.4, 0.5) is 4.79 Å². The molecule has 0 saturated carbocycles. The molecule has 1 unspecified atom stereocenters. The van der Waals surface area contributed by atoms with Crippen LogP contribution in [0.2, 0.25) is 0 Å². The lowest BCUT2D eigenvalue weighted by Gasteiger charge is -2.26. The van der Waals surface area contributed by atoms with Crippen molar-refractivity contribution < 1.29 is 9.36 Å². The minimum atomic E-state index is 0.124. The predicted molar refractivity (Wildman–Crippen MR) is 65.7 cm³/mol. The van der Waals surface area contributed by atoms with Gasteiger partial charge in [0.2, 0.25) is 0 Å². The lowest BCUT2D eigenvalue weighted by Crippen LogP contribution is -2.42. The van der Waals surface area contributed by atoms with E-state index in [0.29, 0.717) is 6.04 Å². The summed E-state index contributed by atoms with van der Waals surface area (Å²) >= 11 is 0. The van der Waals surface area contributed by atoms with Gasteiger partial charge < -0.3 is 4.90 Å². The van der Waals surface area contributed by atoms with Crippen molar-refractivity contribution in [1.82, 2.24) is 9.47 Å². The lowest BCUT2D eigenvalue weighted by atomic mass is 10.1. The Kier molecular flexibility index (Phi) is 3.82. The number of likely N-dealkylation sites (tertiary alicyclic amines) is 1. The van der Waals surface area contributed by atoms with Gasteiger partial charge in [-0.1, -0.05) is 19.8 Å². The average Bonchev–Trinajstić information content (AvgIpc) is 2.64. The third-order valence-electron chi connectivity index (χ3n) is 3.58. The zero-order valence-electron chi connectivity index (χ0n) is 10.8. The molecule has 1 saturated heterocycles. The maximum atomic E-state index is 12.4. The van der Waals surface area contributed by atoms with E-state index in [1.165, 1.54) is 12.8 Å². The van der Waals surface area contributed by atoms with Crippen molar-refractivity contribution in [3.05, 3.63) is 18.7 Å². The number of hydrogen-bond donors (Lipinski definition) is 0. The van der Waals surface area contributed by atoms with Crippen molar-refractivity contribution in [3.8, 4) is 0 Å². The Morgan fingerprint density at radius 2 is 2.24 bits per heavy atom. The number of rotatable bonds is 1. The molecule has 1 fully saturated rings. The molecule has 4 nitrogen and oxygen atoms in total. The Balaban J connectivity index is 2.15. The number of carbonyl (C=O) groups excluding carboxylic acids is 1. The molecule has 0 aromatic carbocycles. The van der Waals surface area contributed by atoms with Gasteiger partial charge in [0, 0.05) is 12.6 Å². The summed E-state index contributed by atoms with van der Waals surface area (Å²) in [6, 6.07) is 0.539. The van der Waals surface area contributed by atoms with E-state index < -0.39 is 0 Å². The highest BCUT2D eigenvalue weighted by atomic mass is 16.2. The van der Waals surface area contributed by atoms with Gasteiger partial charge in [-0.15, -0.1) is 0 Å². The summed E-state index contributed by atoms with van der Waals surface area (Å²) in [5.41, 5.74) is 0. The number of hydrogen-bond acceptors (Lipinski definition) is 1. The highest BCUT2D eigenvalue weighted by Crippen LogP contribution is 2.19. The van der Waals surface area contributed by atoms with Crippen molar-refractivity contribution >= 4 is 6.03 Å². The van der Waals surface area contributed by atoms with Crippen molar-refractivity contribution in [2.24, 2.45) is 7.05 Å².